The third kappa shape index (κ3) is 7.93. The van der Waals surface area contributed by atoms with Crippen LogP contribution in [0.25, 0.3) is 33.4 Å². The molecule has 0 N–H and O–H groups in total. The summed E-state index contributed by atoms with van der Waals surface area (Å²) in [6.45, 7) is 0.532. The third-order valence-electron chi connectivity index (χ3n) is 7.59. The molecule has 0 heterocycles. The maximum Gasteiger partial charge on any atom is 0.194 e. The van der Waals surface area contributed by atoms with Crippen molar-refractivity contribution in [1.29, 1.82) is 0 Å². The van der Waals surface area contributed by atoms with Gasteiger partial charge in [-0.1, -0.05) is 61.7 Å². The molecule has 0 radical (unpaired) electrons. The molecule has 1 nitrogen and oxygen atoms in total. The molecular formula is C37H29F7O. The lowest BCUT2D eigenvalue weighted by atomic mass is 9.99. The molecule has 0 aliphatic heterocycles. The van der Waals surface area contributed by atoms with Crippen LogP contribution in [0, 0.1) is 40.7 Å². The molecule has 0 aromatic heterocycles. The van der Waals surface area contributed by atoms with Gasteiger partial charge in [0.2, 0.25) is 0 Å². The Kier molecular flexibility index (Phi) is 10.2. The average Bonchev–Trinajstić information content (AvgIpc) is 3.02. The predicted molar refractivity (Wildman–Crippen MR) is 161 cm³/mol. The Morgan fingerprint density at radius 1 is 0.400 bits per heavy atom. The van der Waals surface area contributed by atoms with Crippen LogP contribution >= 0.6 is 0 Å². The Bertz CT molecular complexity index is 1760. The monoisotopic (exact) mass is 622 g/mol. The van der Waals surface area contributed by atoms with Gasteiger partial charge in [0.1, 0.15) is 17.4 Å². The van der Waals surface area contributed by atoms with E-state index < -0.39 is 40.7 Å². The molecular weight excluding hydrogens is 593 g/mol. The Morgan fingerprint density at radius 3 is 1.64 bits per heavy atom. The molecule has 0 unspecified atom stereocenters. The minimum atomic E-state index is -1.60. The predicted octanol–water partition coefficient (Wildman–Crippen LogP) is 11.2. The van der Waals surface area contributed by atoms with Gasteiger partial charge in [0, 0.05) is 11.1 Å². The Hall–Kier alpha value is -4.59. The second-order valence-corrected chi connectivity index (χ2v) is 10.8. The summed E-state index contributed by atoms with van der Waals surface area (Å²) in [5.41, 5.74) is 2.53. The lowest BCUT2D eigenvalue weighted by Gasteiger charge is -2.10. The van der Waals surface area contributed by atoms with Gasteiger partial charge in [-0.3, -0.25) is 0 Å². The van der Waals surface area contributed by atoms with Crippen molar-refractivity contribution >= 4 is 0 Å². The number of rotatable bonds is 12. The molecule has 0 saturated heterocycles. The number of hydrogen-bond acceptors (Lipinski definition) is 1. The smallest absolute Gasteiger partial charge is 0.194 e. The van der Waals surface area contributed by atoms with E-state index in [1.807, 2.05) is 6.07 Å². The van der Waals surface area contributed by atoms with E-state index in [0.29, 0.717) is 29.9 Å². The second kappa shape index (κ2) is 14.5. The molecule has 0 aliphatic rings. The number of halogens is 7. The average molecular weight is 623 g/mol. The van der Waals surface area contributed by atoms with E-state index in [2.05, 4.69) is 0 Å². The first-order valence-corrected chi connectivity index (χ1v) is 14.6. The molecule has 8 heteroatoms. The van der Waals surface area contributed by atoms with E-state index in [0.717, 1.165) is 67.5 Å². The lowest BCUT2D eigenvalue weighted by molar-refractivity contribution is 0.304. The summed E-state index contributed by atoms with van der Waals surface area (Å²) in [4.78, 5) is 0. The summed E-state index contributed by atoms with van der Waals surface area (Å²) in [5.74, 6) is -6.84. The van der Waals surface area contributed by atoms with Crippen molar-refractivity contribution in [3.63, 3.8) is 0 Å². The number of hydrogen-bond donors (Lipinski definition) is 0. The summed E-state index contributed by atoms with van der Waals surface area (Å²) in [6, 6.07) is 21.1. The minimum absolute atomic E-state index is 0.0404. The van der Waals surface area contributed by atoms with Crippen LogP contribution in [-0.4, -0.2) is 6.61 Å². The van der Waals surface area contributed by atoms with Crippen molar-refractivity contribution in [2.45, 2.75) is 38.5 Å². The molecule has 0 spiro atoms. The molecule has 0 saturated carbocycles. The molecule has 0 aliphatic carbocycles. The van der Waals surface area contributed by atoms with Crippen LogP contribution < -0.4 is 4.74 Å². The zero-order valence-electron chi connectivity index (χ0n) is 24.2. The molecule has 5 aromatic rings. The van der Waals surface area contributed by atoms with Crippen LogP contribution in [0.5, 0.6) is 5.75 Å². The second-order valence-electron chi connectivity index (χ2n) is 10.8. The summed E-state index contributed by atoms with van der Waals surface area (Å²) in [5, 5.41) is 0. The fraction of sp³-hybridized carbons (Fsp3) is 0.189. The molecule has 0 fully saturated rings. The van der Waals surface area contributed by atoms with Crippen molar-refractivity contribution in [3.8, 4) is 39.1 Å². The van der Waals surface area contributed by atoms with Crippen molar-refractivity contribution in [2.24, 2.45) is 0 Å². The van der Waals surface area contributed by atoms with Crippen LogP contribution in [-0.2, 0) is 6.42 Å². The number of aryl methyl sites for hydroxylation is 1. The van der Waals surface area contributed by atoms with Crippen molar-refractivity contribution < 1.29 is 35.5 Å². The molecule has 0 bridgehead atoms. The highest BCUT2D eigenvalue weighted by molar-refractivity contribution is 5.71. The minimum Gasteiger partial charge on any atom is -0.494 e. The van der Waals surface area contributed by atoms with Gasteiger partial charge in [0.05, 0.1) is 6.61 Å². The Labute approximate surface area is 256 Å². The van der Waals surface area contributed by atoms with Gasteiger partial charge in [-0.2, -0.15) is 0 Å². The van der Waals surface area contributed by atoms with E-state index in [-0.39, 0.29) is 16.7 Å². The molecule has 0 atom stereocenters. The zero-order valence-corrected chi connectivity index (χ0v) is 24.2. The molecule has 5 rings (SSSR count). The molecule has 5 aromatic carbocycles. The van der Waals surface area contributed by atoms with Crippen molar-refractivity contribution in [3.05, 3.63) is 137 Å². The molecule has 0 amide bonds. The fourth-order valence-corrected chi connectivity index (χ4v) is 5.15. The van der Waals surface area contributed by atoms with Crippen LogP contribution in [0.1, 0.15) is 37.7 Å². The Balaban J connectivity index is 1.02. The van der Waals surface area contributed by atoms with Crippen molar-refractivity contribution in [2.75, 3.05) is 6.61 Å². The summed E-state index contributed by atoms with van der Waals surface area (Å²) in [7, 11) is 0. The highest BCUT2D eigenvalue weighted by Gasteiger charge is 2.15. The van der Waals surface area contributed by atoms with Gasteiger partial charge in [0.15, 0.2) is 29.1 Å². The first kappa shape index (κ1) is 31.8. The first-order chi connectivity index (χ1) is 21.7. The lowest BCUT2D eigenvalue weighted by Crippen LogP contribution is -1.97. The standard InChI is InChI=1S/C37H29F7O/c38-31-16-11-26(20-34(31)41)29-14-7-23(18-32(29)39)6-4-2-1-3-5-17-45-28-12-8-24(9-13-28)25-10-15-30(33(40)19-25)27-21-35(42)37(44)36(43)22-27/h7-16,18-22H,1-6,17H2. The van der Waals surface area contributed by atoms with E-state index in [9.17, 15) is 30.7 Å². The van der Waals surface area contributed by atoms with Crippen LogP contribution in [0.4, 0.5) is 30.7 Å². The van der Waals surface area contributed by atoms with Crippen molar-refractivity contribution in [1.82, 2.24) is 0 Å². The highest BCUT2D eigenvalue weighted by Crippen LogP contribution is 2.31. The quantitative estimate of drug-likeness (QED) is 0.0764. The first-order valence-electron chi connectivity index (χ1n) is 14.6. The normalized spacial score (nSPS) is 11.2. The Morgan fingerprint density at radius 2 is 0.956 bits per heavy atom. The van der Waals surface area contributed by atoms with Crippen LogP contribution in [0.15, 0.2) is 91.0 Å². The summed E-state index contributed by atoms with van der Waals surface area (Å²) < 4.78 is 102. The van der Waals surface area contributed by atoms with Gasteiger partial charge < -0.3 is 4.74 Å². The highest BCUT2D eigenvalue weighted by atomic mass is 19.2. The van der Waals surface area contributed by atoms with Crippen LogP contribution in [0.3, 0.4) is 0 Å². The summed E-state index contributed by atoms with van der Waals surface area (Å²) >= 11 is 0. The number of benzene rings is 5. The zero-order chi connectivity index (χ0) is 31.9. The van der Waals surface area contributed by atoms with E-state index in [1.54, 1.807) is 36.4 Å². The van der Waals surface area contributed by atoms with Gasteiger partial charge in [-0.15, -0.1) is 0 Å². The van der Waals surface area contributed by atoms with Gasteiger partial charge in [0.25, 0.3) is 0 Å². The number of ether oxygens (including phenoxy) is 1. The number of unbranched alkanes of at least 4 members (excludes halogenated alkanes) is 4. The molecule has 232 valence electrons. The maximum absolute atomic E-state index is 14.8. The topological polar surface area (TPSA) is 9.23 Å². The van der Waals surface area contributed by atoms with E-state index in [4.69, 9.17) is 4.74 Å². The maximum atomic E-state index is 14.8. The van der Waals surface area contributed by atoms with Crippen LogP contribution in [0.2, 0.25) is 0 Å². The van der Waals surface area contributed by atoms with E-state index in [1.165, 1.54) is 24.3 Å². The van der Waals surface area contributed by atoms with Gasteiger partial charge in [-0.25, -0.2) is 30.7 Å². The summed E-state index contributed by atoms with van der Waals surface area (Å²) in [6.07, 6.45) is 5.41. The van der Waals surface area contributed by atoms with E-state index >= 15 is 0 Å². The third-order valence-corrected chi connectivity index (χ3v) is 7.59. The van der Waals surface area contributed by atoms with Gasteiger partial charge >= 0.3 is 0 Å². The van der Waals surface area contributed by atoms with Gasteiger partial charge in [-0.05, 0) is 95.6 Å². The fourth-order valence-electron chi connectivity index (χ4n) is 5.15. The SMILES string of the molecule is Fc1ccc(-c2ccc(CCCCCCCOc3ccc(-c4ccc(-c5cc(F)c(F)c(F)c5)c(F)c4)cc3)cc2F)cc1F. The largest absolute Gasteiger partial charge is 0.494 e. The molecule has 45 heavy (non-hydrogen) atoms.